The maximum Gasteiger partial charge on any atom is 0.226 e. The van der Waals surface area contributed by atoms with Gasteiger partial charge in [0.15, 0.2) is 0 Å². The van der Waals surface area contributed by atoms with Crippen LogP contribution in [0.15, 0.2) is 30.5 Å². The number of morpholine rings is 1. The molecule has 1 aromatic heterocycles. The molecule has 3 aliphatic rings. The average molecular weight is 425 g/mol. The van der Waals surface area contributed by atoms with Gasteiger partial charge >= 0.3 is 0 Å². The van der Waals surface area contributed by atoms with Crippen LogP contribution in [0.3, 0.4) is 0 Å². The van der Waals surface area contributed by atoms with E-state index in [0.717, 1.165) is 43.3 Å². The molecule has 0 radical (unpaired) electrons. The lowest BCUT2D eigenvalue weighted by Gasteiger charge is -2.29. The number of rotatable bonds is 6. The Labute approximate surface area is 184 Å². The Kier molecular flexibility index (Phi) is 6.22. The van der Waals surface area contributed by atoms with E-state index in [4.69, 9.17) is 19.2 Å². The van der Waals surface area contributed by atoms with Gasteiger partial charge in [0.05, 0.1) is 32.0 Å². The molecule has 1 aromatic carbocycles. The lowest BCUT2D eigenvalue weighted by molar-refractivity contribution is -0.0810. The zero-order valence-electron chi connectivity index (χ0n) is 18.3. The lowest BCUT2D eigenvalue weighted by atomic mass is 9.87. The second-order valence-corrected chi connectivity index (χ2v) is 8.94. The average Bonchev–Trinajstić information content (AvgIpc) is 2.79. The topological polar surface area (TPSA) is 68.7 Å². The van der Waals surface area contributed by atoms with Crippen molar-refractivity contribution >= 4 is 11.6 Å². The normalized spacial score (nSPS) is 24.5. The van der Waals surface area contributed by atoms with Gasteiger partial charge in [0.1, 0.15) is 6.10 Å². The minimum atomic E-state index is 0.0599. The molecule has 166 valence electrons. The van der Waals surface area contributed by atoms with E-state index in [0.29, 0.717) is 31.1 Å². The van der Waals surface area contributed by atoms with E-state index in [1.165, 1.54) is 31.4 Å². The number of ether oxygens (including phenoxy) is 3. The second kappa shape index (κ2) is 9.40. The largest absolute Gasteiger partial charge is 0.469 e. The van der Waals surface area contributed by atoms with Crippen LogP contribution < -0.4 is 15.0 Å². The monoisotopic (exact) mass is 424 g/mol. The molecule has 0 amide bonds. The zero-order chi connectivity index (χ0) is 21.0. The van der Waals surface area contributed by atoms with Crippen LogP contribution in [0, 0.1) is 5.92 Å². The Balaban J connectivity index is 1.35. The minimum Gasteiger partial charge on any atom is -0.469 e. The maximum atomic E-state index is 6.19. The fourth-order valence-electron chi connectivity index (χ4n) is 4.42. The van der Waals surface area contributed by atoms with E-state index >= 15 is 0 Å². The molecule has 0 bridgehead atoms. The molecule has 2 aliphatic heterocycles. The van der Waals surface area contributed by atoms with Crippen molar-refractivity contribution in [3.63, 3.8) is 0 Å². The molecule has 3 heterocycles. The smallest absolute Gasteiger partial charge is 0.226 e. The van der Waals surface area contributed by atoms with Gasteiger partial charge in [-0.05, 0) is 49.3 Å². The molecule has 3 fully saturated rings. The number of benzene rings is 1. The fourth-order valence-corrected chi connectivity index (χ4v) is 4.42. The molecule has 1 aliphatic carbocycles. The van der Waals surface area contributed by atoms with Gasteiger partial charge in [0.2, 0.25) is 11.8 Å². The van der Waals surface area contributed by atoms with Gasteiger partial charge in [-0.15, -0.1) is 0 Å². The van der Waals surface area contributed by atoms with Gasteiger partial charge in [0.25, 0.3) is 0 Å². The van der Waals surface area contributed by atoms with Gasteiger partial charge in [-0.25, -0.2) is 4.98 Å². The minimum absolute atomic E-state index is 0.0599. The SMILES string of the molecule is C[C@H]1CC[C@@H](Nc2ncc(-c3ccc(N4CCOCC4)cc3)c(OC3COC3)n2)CC1. The number of aromatic nitrogens is 2. The van der Waals surface area contributed by atoms with Crippen molar-refractivity contribution in [2.45, 2.75) is 44.8 Å². The van der Waals surface area contributed by atoms with Gasteiger partial charge < -0.3 is 24.4 Å². The molecule has 2 saturated heterocycles. The summed E-state index contributed by atoms with van der Waals surface area (Å²) >= 11 is 0. The summed E-state index contributed by atoms with van der Waals surface area (Å²) in [5, 5.41) is 3.53. The highest BCUT2D eigenvalue weighted by Crippen LogP contribution is 2.32. The van der Waals surface area contributed by atoms with E-state index in [-0.39, 0.29) is 6.10 Å². The van der Waals surface area contributed by atoms with Crippen molar-refractivity contribution in [3.05, 3.63) is 30.5 Å². The Bertz CT molecular complexity index is 858. The van der Waals surface area contributed by atoms with Crippen LogP contribution in [-0.2, 0) is 9.47 Å². The highest BCUT2D eigenvalue weighted by Gasteiger charge is 2.24. The molecule has 5 rings (SSSR count). The summed E-state index contributed by atoms with van der Waals surface area (Å²) in [5.74, 6) is 2.11. The quantitative estimate of drug-likeness (QED) is 0.757. The van der Waals surface area contributed by atoms with Gasteiger partial charge in [-0.2, -0.15) is 4.98 Å². The number of hydrogen-bond acceptors (Lipinski definition) is 7. The first-order valence-electron chi connectivity index (χ1n) is 11.6. The van der Waals surface area contributed by atoms with E-state index in [1.54, 1.807) is 0 Å². The van der Waals surface area contributed by atoms with Crippen LogP contribution in [0.2, 0.25) is 0 Å². The third-order valence-corrected chi connectivity index (χ3v) is 6.54. The third kappa shape index (κ3) is 4.93. The molecular weight excluding hydrogens is 392 g/mol. The Morgan fingerprint density at radius 3 is 2.42 bits per heavy atom. The lowest BCUT2D eigenvalue weighted by Crippen LogP contribution is -2.39. The van der Waals surface area contributed by atoms with Crippen LogP contribution in [0.5, 0.6) is 5.88 Å². The highest BCUT2D eigenvalue weighted by molar-refractivity contribution is 5.70. The third-order valence-electron chi connectivity index (χ3n) is 6.54. The molecule has 2 aromatic rings. The predicted molar refractivity (Wildman–Crippen MR) is 121 cm³/mol. The number of hydrogen-bond donors (Lipinski definition) is 1. The highest BCUT2D eigenvalue weighted by atomic mass is 16.6. The maximum absolute atomic E-state index is 6.19. The molecule has 1 saturated carbocycles. The Hall–Kier alpha value is -2.38. The summed E-state index contributed by atoms with van der Waals surface area (Å²) in [6.07, 6.45) is 6.80. The molecule has 7 nitrogen and oxygen atoms in total. The van der Waals surface area contributed by atoms with E-state index < -0.39 is 0 Å². The molecule has 31 heavy (non-hydrogen) atoms. The fraction of sp³-hybridized carbons (Fsp3) is 0.583. The summed E-state index contributed by atoms with van der Waals surface area (Å²) in [4.78, 5) is 11.8. The number of nitrogens with one attached hydrogen (secondary N) is 1. The van der Waals surface area contributed by atoms with Crippen molar-refractivity contribution in [2.24, 2.45) is 5.92 Å². The van der Waals surface area contributed by atoms with Crippen molar-refractivity contribution in [3.8, 4) is 17.0 Å². The standard InChI is InChI=1S/C24H32N4O3/c1-17-2-6-19(7-3-17)26-24-25-14-22(23(27-24)31-21-15-30-16-21)18-4-8-20(9-5-18)28-10-12-29-13-11-28/h4-5,8-9,14,17,19,21H,2-3,6-7,10-13,15-16H2,1H3,(H,25,26,27)/t17-,19+. The molecule has 0 unspecified atom stereocenters. The Morgan fingerprint density at radius 2 is 1.74 bits per heavy atom. The van der Waals surface area contributed by atoms with Gasteiger partial charge in [0, 0.05) is 31.0 Å². The molecular formula is C24H32N4O3. The van der Waals surface area contributed by atoms with Crippen LogP contribution in [-0.4, -0.2) is 61.6 Å². The molecule has 7 heteroatoms. The first kappa shape index (κ1) is 20.5. The molecule has 1 N–H and O–H groups in total. The first-order valence-corrected chi connectivity index (χ1v) is 11.6. The summed E-state index contributed by atoms with van der Waals surface area (Å²) in [6.45, 7) is 6.98. The summed E-state index contributed by atoms with van der Waals surface area (Å²) < 4.78 is 16.9. The van der Waals surface area contributed by atoms with E-state index in [9.17, 15) is 0 Å². The van der Waals surface area contributed by atoms with Crippen LogP contribution >= 0.6 is 0 Å². The van der Waals surface area contributed by atoms with Crippen molar-refractivity contribution in [1.82, 2.24) is 9.97 Å². The van der Waals surface area contributed by atoms with Crippen molar-refractivity contribution < 1.29 is 14.2 Å². The van der Waals surface area contributed by atoms with Crippen molar-refractivity contribution in [2.75, 3.05) is 49.7 Å². The van der Waals surface area contributed by atoms with Crippen LogP contribution in [0.4, 0.5) is 11.6 Å². The van der Waals surface area contributed by atoms with Crippen LogP contribution in [0.1, 0.15) is 32.6 Å². The van der Waals surface area contributed by atoms with E-state index in [1.807, 2.05) is 6.20 Å². The molecule has 0 spiro atoms. The summed E-state index contributed by atoms with van der Waals surface area (Å²) in [6, 6.07) is 9.01. The first-order chi connectivity index (χ1) is 15.2. The van der Waals surface area contributed by atoms with E-state index in [2.05, 4.69) is 46.4 Å². The van der Waals surface area contributed by atoms with Gasteiger partial charge in [-0.1, -0.05) is 19.1 Å². The van der Waals surface area contributed by atoms with Crippen molar-refractivity contribution in [1.29, 1.82) is 0 Å². The second-order valence-electron chi connectivity index (χ2n) is 8.94. The number of nitrogens with zero attached hydrogens (tertiary/aromatic N) is 3. The summed E-state index contributed by atoms with van der Waals surface area (Å²) in [5.41, 5.74) is 3.20. The predicted octanol–water partition coefficient (Wildman–Crippen LogP) is 3.75. The van der Waals surface area contributed by atoms with Gasteiger partial charge in [-0.3, -0.25) is 0 Å². The summed E-state index contributed by atoms with van der Waals surface area (Å²) in [7, 11) is 0. The zero-order valence-corrected chi connectivity index (χ0v) is 18.3. The number of anilines is 2. The van der Waals surface area contributed by atoms with Crippen LogP contribution in [0.25, 0.3) is 11.1 Å². The molecule has 0 atom stereocenters. The Morgan fingerprint density at radius 1 is 1.00 bits per heavy atom.